The zero-order valence-electron chi connectivity index (χ0n) is 18.0. The van der Waals surface area contributed by atoms with Gasteiger partial charge in [-0.1, -0.05) is 61.0 Å². The minimum absolute atomic E-state index is 0. The summed E-state index contributed by atoms with van der Waals surface area (Å²) < 4.78 is 0. The van der Waals surface area contributed by atoms with Crippen molar-refractivity contribution in [2.45, 2.75) is 39.5 Å². The maximum Gasteiger partial charge on any atom is 0.257 e. The molecule has 1 amide bonds. The number of pyridine rings is 1. The van der Waals surface area contributed by atoms with Crippen molar-refractivity contribution in [1.29, 1.82) is 0 Å². The Kier molecular flexibility index (Phi) is 8.97. The van der Waals surface area contributed by atoms with E-state index in [-0.39, 0.29) is 25.5 Å². The minimum Gasteiger partial charge on any atom is -0.307 e. The number of carbonyl (C=O) groups excluding carboxylic acids is 2. The number of hydrogen-bond donors (Lipinski definition) is 1. The topological polar surface area (TPSA) is 71.4 Å². The highest BCUT2D eigenvalue weighted by Crippen LogP contribution is 2.21. The normalized spacial score (nSPS) is 12.6. The molecule has 2 aromatic carbocycles. The summed E-state index contributed by atoms with van der Waals surface area (Å²) in [6.07, 6.45) is 5.69. The van der Waals surface area contributed by atoms with Crippen LogP contribution < -0.4 is 5.32 Å². The van der Waals surface area contributed by atoms with E-state index in [1.165, 1.54) is 17.5 Å². The predicted molar refractivity (Wildman–Crippen MR) is 140 cm³/mol. The number of aliphatic imine (C=N–C) groups is 1. The zero-order chi connectivity index (χ0) is 23.2. The van der Waals surface area contributed by atoms with E-state index in [1.54, 1.807) is 30.3 Å². The standard InChI is InChI=1S/C26H23Cl2N3O2.CH4/c27-20-9-8-19(23(15-20)26(33)31-25-12-10-21(28)16-30-25)14-24(32)18-6-3-17(4-7-18)5-11-22-2-1-13-29-22;/h3-4,6-10,12,15-16H,1-2,5,11,13-14H2,(H,30,31,33);1H4. The SMILES string of the molecule is C.O=C(Cc1ccc(Cl)cc1C(=O)Nc1ccc(Cl)cn1)c1ccc(CCC2=NCCC2)cc1. The number of anilines is 1. The first-order chi connectivity index (χ1) is 16.0. The Hall–Kier alpha value is -3.02. The summed E-state index contributed by atoms with van der Waals surface area (Å²) in [7, 11) is 0. The van der Waals surface area contributed by atoms with Gasteiger partial charge in [-0.05, 0) is 61.1 Å². The molecule has 3 aromatic rings. The summed E-state index contributed by atoms with van der Waals surface area (Å²) in [5, 5.41) is 3.61. The molecule has 0 spiro atoms. The Bertz CT molecular complexity index is 1190. The zero-order valence-corrected chi connectivity index (χ0v) is 19.5. The molecule has 1 aliphatic heterocycles. The van der Waals surface area contributed by atoms with E-state index in [0.29, 0.717) is 32.6 Å². The molecule has 0 bridgehead atoms. The van der Waals surface area contributed by atoms with Gasteiger partial charge in [-0.2, -0.15) is 0 Å². The van der Waals surface area contributed by atoms with Crippen LogP contribution in [0.5, 0.6) is 0 Å². The number of Topliss-reactive ketones (excluding diaryl/α,β-unsaturated/α-hetero) is 1. The summed E-state index contributed by atoms with van der Waals surface area (Å²) in [5.74, 6) is -0.0937. The van der Waals surface area contributed by atoms with Gasteiger partial charge in [0.15, 0.2) is 5.78 Å². The molecule has 0 aliphatic carbocycles. The number of aromatic nitrogens is 1. The maximum absolute atomic E-state index is 12.9. The van der Waals surface area contributed by atoms with Crippen molar-refractivity contribution in [2.24, 2.45) is 4.99 Å². The number of hydrogen-bond acceptors (Lipinski definition) is 4. The van der Waals surface area contributed by atoms with E-state index in [4.69, 9.17) is 23.2 Å². The number of nitrogens with one attached hydrogen (secondary N) is 1. The molecule has 0 radical (unpaired) electrons. The molecule has 0 atom stereocenters. The molecule has 1 N–H and O–H groups in total. The fourth-order valence-corrected chi connectivity index (χ4v) is 4.06. The number of amides is 1. The van der Waals surface area contributed by atoms with Gasteiger partial charge in [0.2, 0.25) is 0 Å². The van der Waals surface area contributed by atoms with Gasteiger partial charge in [-0.25, -0.2) is 4.98 Å². The maximum atomic E-state index is 12.9. The van der Waals surface area contributed by atoms with Crippen LogP contribution in [0.15, 0.2) is 65.8 Å². The predicted octanol–water partition coefficient (Wildman–Crippen LogP) is 6.87. The van der Waals surface area contributed by atoms with Gasteiger partial charge in [-0.3, -0.25) is 14.6 Å². The molecule has 34 heavy (non-hydrogen) atoms. The van der Waals surface area contributed by atoms with Crippen molar-refractivity contribution in [3.63, 3.8) is 0 Å². The van der Waals surface area contributed by atoms with E-state index in [9.17, 15) is 9.59 Å². The lowest BCUT2D eigenvalue weighted by Crippen LogP contribution is -2.17. The number of rotatable bonds is 8. The number of nitrogens with zero attached hydrogens (tertiary/aromatic N) is 2. The van der Waals surface area contributed by atoms with Crippen LogP contribution in [-0.4, -0.2) is 28.9 Å². The van der Waals surface area contributed by atoms with E-state index in [1.807, 2.05) is 24.3 Å². The molecule has 0 unspecified atom stereocenters. The van der Waals surface area contributed by atoms with Gasteiger partial charge >= 0.3 is 0 Å². The van der Waals surface area contributed by atoms with Crippen molar-refractivity contribution in [2.75, 3.05) is 11.9 Å². The summed E-state index contributed by atoms with van der Waals surface area (Å²) in [6.45, 7) is 0.948. The smallest absolute Gasteiger partial charge is 0.257 e. The molecule has 2 heterocycles. The second-order valence-electron chi connectivity index (χ2n) is 7.97. The third kappa shape index (κ3) is 6.75. The third-order valence-corrected chi connectivity index (χ3v) is 6.03. The Morgan fingerprint density at radius 1 is 0.941 bits per heavy atom. The van der Waals surface area contributed by atoms with Crippen molar-refractivity contribution in [1.82, 2.24) is 4.98 Å². The highest BCUT2D eigenvalue weighted by atomic mass is 35.5. The number of benzene rings is 2. The van der Waals surface area contributed by atoms with Crippen LogP contribution in [0.4, 0.5) is 5.82 Å². The van der Waals surface area contributed by atoms with Crippen molar-refractivity contribution < 1.29 is 9.59 Å². The average Bonchev–Trinajstić information content (AvgIpc) is 3.34. The van der Waals surface area contributed by atoms with Gasteiger partial charge < -0.3 is 5.32 Å². The van der Waals surface area contributed by atoms with Crippen LogP contribution in [0.2, 0.25) is 10.0 Å². The van der Waals surface area contributed by atoms with Crippen LogP contribution in [0.3, 0.4) is 0 Å². The third-order valence-electron chi connectivity index (χ3n) is 5.57. The molecular formula is C27H27Cl2N3O2. The first-order valence-electron chi connectivity index (χ1n) is 10.8. The van der Waals surface area contributed by atoms with Crippen LogP contribution in [-0.2, 0) is 12.8 Å². The Morgan fingerprint density at radius 3 is 2.38 bits per heavy atom. The molecular weight excluding hydrogens is 469 g/mol. The second-order valence-corrected chi connectivity index (χ2v) is 8.84. The Balaban J connectivity index is 0.00000324. The molecule has 1 aromatic heterocycles. The van der Waals surface area contributed by atoms with Crippen molar-refractivity contribution in [3.05, 3.63) is 93.1 Å². The Morgan fingerprint density at radius 2 is 1.71 bits per heavy atom. The van der Waals surface area contributed by atoms with Crippen LogP contribution in [0.25, 0.3) is 0 Å². The van der Waals surface area contributed by atoms with Crippen molar-refractivity contribution in [3.8, 4) is 0 Å². The summed E-state index contributed by atoms with van der Waals surface area (Å²) in [4.78, 5) is 34.4. The summed E-state index contributed by atoms with van der Waals surface area (Å²) >= 11 is 12.0. The molecule has 5 nitrogen and oxygen atoms in total. The molecule has 1 aliphatic rings. The average molecular weight is 496 g/mol. The number of carbonyl (C=O) groups is 2. The van der Waals surface area contributed by atoms with Crippen LogP contribution in [0, 0.1) is 0 Å². The van der Waals surface area contributed by atoms with Gasteiger partial charge in [0.25, 0.3) is 5.91 Å². The van der Waals surface area contributed by atoms with Gasteiger partial charge in [0.1, 0.15) is 5.82 Å². The number of ketones is 1. The van der Waals surface area contributed by atoms with E-state index in [2.05, 4.69) is 15.3 Å². The summed E-state index contributed by atoms with van der Waals surface area (Å²) in [6, 6.07) is 15.9. The molecule has 7 heteroatoms. The molecule has 0 saturated carbocycles. The highest BCUT2D eigenvalue weighted by Gasteiger charge is 2.17. The summed E-state index contributed by atoms with van der Waals surface area (Å²) in [5.41, 5.74) is 4.01. The highest BCUT2D eigenvalue weighted by molar-refractivity contribution is 6.31. The van der Waals surface area contributed by atoms with Gasteiger partial charge in [-0.15, -0.1) is 0 Å². The lowest BCUT2D eigenvalue weighted by Gasteiger charge is -2.11. The first-order valence-corrected chi connectivity index (χ1v) is 11.6. The van der Waals surface area contributed by atoms with E-state index in [0.717, 1.165) is 32.2 Å². The van der Waals surface area contributed by atoms with Gasteiger partial charge in [0.05, 0.1) is 5.02 Å². The monoisotopic (exact) mass is 495 g/mol. The first kappa shape index (κ1) is 25.6. The number of aryl methyl sites for hydroxylation is 1. The fourth-order valence-electron chi connectivity index (χ4n) is 3.77. The van der Waals surface area contributed by atoms with Gasteiger partial charge in [0, 0.05) is 41.0 Å². The Labute approximate surface area is 210 Å². The quantitative estimate of drug-likeness (QED) is 0.346. The largest absolute Gasteiger partial charge is 0.307 e. The van der Waals surface area contributed by atoms with E-state index >= 15 is 0 Å². The van der Waals surface area contributed by atoms with E-state index < -0.39 is 0 Å². The second kappa shape index (κ2) is 11.9. The molecule has 4 rings (SSSR count). The fraction of sp³-hybridized carbons (Fsp3) is 0.259. The lowest BCUT2D eigenvalue weighted by molar-refractivity contribution is 0.0992. The van der Waals surface area contributed by atoms with Crippen LogP contribution in [0.1, 0.15) is 58.5 Å². The molecule has 0 saturated heterocycles. The van der Waals surface area contributed by atoms with Crippen LogP contribution >= 0.6 is 23.2 Å². The molecule has 176 valence electrons. The lowest BCUT2D eigenvalue weighted by atomic mass is 9.97. The molecule has 0 fully saturated rings. The minimum atomic E-state index is -0.389. The number of halogens is 2. The van der Waals surface area contributed by atoms with Crippen molar-refractivity contribution >= 4 is 46.4 Å².